The molecule has 0 fully saturated rings. The smallest absolute Gasteiger partial charge is 0.0314 e. The second kappa shape index (κ2) is 18.6. The standard InChI is InChI=1S/C47H60N2/c1-3-5-7-9-11-13-15-33-47(34-16-14-12-10-8-6-4-2)45-35-39(19-17-37-21-27-41(48)28-22-37)25-31-43(45)44-32-26-40(36-46(44)47)20-18-38-23-29-42(49)30-24-38/h17-32,35-36H,3-16,33-34,48-49H2,1-2H3/b19-17+,20-18+. The van der Waals surface area contributed by atoms with Gasteiger partial charge in [-0.15, -0.1) is 0 Å². The molecule has 0 radical (unpaired) electrons. The van der Waals surface area contributed by atoms with Gasteiger partial charge in [0.15, 0.2) is 0 Å². The first-order valence-electron chi connectivity index (χ1n) is 19.4. The number of hydrogen-bond acceptors (Lipinski definition) is 2. The minimum absolute atomic E-state index is 0.0353. The van der Waals surface area contributed by atoms with Crippen molar-refractivity contribution in [3.63, 3.8) is 0 Å². The van der Waals surface area contributed by atoms with E-state index in [2.05, 4.69) is 98.8 Å². The number of nitrogen functional groups attached to an aromatic ring is 2. The predicted molar refractivity (Wildman–Crippen MR) is 217 cm³/mol. The molecule has 0 heterocycles. The third-order valence-electron chi connectivity index (χ3n) is 10.6. The Balaban J connectivity index is 1.48. The van der Waals surface area contributed by atoms with E-state index < -0.39 is 0 Å². The van der Waals surface area contributed by atoms with Gasteiger partial charge >= 0.3 is 0 Å². The Hall–Kier alpha value is -4.04. The van der Waals surface area contributed by atoms with Crippen LogP contribution in [0.1, 0.15) is 150 Å². The average Bonchev–Trinajstić information content (AvgIpc) is 3.38. The molecule has 0 aliphatic heterocycles. The highest BCUT2D eigenvalue weighted by atomic mass is 14.5. The topological polar surface area (TPSA) is 52.0 Å². The van der Waals surface area contributed by atoms with Gasteiger partial charge in [0, 0.05) is 16.8 Å². The van der Waals surface area contributed by atoms with Crippen LogP contribution >= 0.6 is 0 Å². The van der Waals surface area contributed by atoms with Crippen molar-refractivity contribution < 1.29 is 0 Å². The normalized spacial score (nSPS) is 13.3. The summed E-state index contributed by atoms with van der Waals surface area (Å²) in [5.74, 6) is 0. The molecule has 1 aliphatic rings. The first-order valence-corrected chi connectivity index (χ1v) is 19.4. The molecule has 0 spiro atoms. The van der Waals surface area contributed by atoms with Crippen LogP contribution in [0.2, 0.25) is 0 Å². The summed E-state index contributed by atoms with van der Waals surface area (Å²) in [6, 6.07) is 30.8. The molecule has 4 aromatic rings. The van der Waals surface area contributed by atoms with Crippen molar-refractivity contribution in [1.29, 1.82) is 0 Å². The van der Waals surface area contributed by atoms with Gasteiger partial charge in [0.05, 0.1) is 0 Å². The summed E-state index contributed by atoms with van der Waals surface area (Å²) in [6.45, 7) is 4.61. The maximum Gasteiger partial charge on any atom is 0.0314 e. The van der Waals surface area contributed by atoms with Gasteiger partial charge in [-0.1, -0.05) is 189 Å². The predicted octanol–water partition coefficient (Wildman–Crippen LogP) is 13.7. The molecule has 2 heteroatoms. The van der Waals surface area contributed by atoms with E-state index in [1.54, 1.807) is 11.1 Å². The van der Waals surface area contributed by atoms with Crippen molar-refractivity contribution in [2.45, 2.75) is 122 Å². The minimum Gasteiger partial charge on any atom is -0.399 e. The van der Waals surface area contributed by atoms with Crippen LogP contribution in [0.5, 0.6) is 0 Å². The number of anilines is 2. The third-order valence-corrected chi connectivity index (χ3v) is 10.6. The zero-order valence-corrected chi connectivity index (χ0v) is 30.4. The molecule has 0 saturated carbocycles. The molecular weight excluding hydrogens is 593 g/mol. The Morgan fingerprint density at radius 3 is 1.12 bits per heavy atom. The maximum atomic E-state index is 5.96. The second-order valence-electron chi connectivity index (χ2n) is 14.4. The van der Waals surface area contributed by atoms with E-state index in [4.69, 9.17) is 11.5 Å². The van der Waals surface area contributed by atoms with Crippen LogP contribution in [0, 0.1) is 0 Å². The number of rotatable bonds is 20. The molecule has 0 saturated heterocycles. The van der Waals surface area contributed by atoms with Gasteiger partial charge in [-0.25, -0.2) is 0 Å². The zero-order valence-electron chi connectivity index (χ0n) is 30.4. The SMILES string of the molecule is CCCCCCCCCC1(CCCCCCCCC)c2cc(/C=C/c3ccc(N)cc3)ccc2-c2ccc(/C=C/c3ccc(N)cc3)cc21. The van der Waals surface area contributed by atoms with E-state index in [0.29, 0.717) is 0 Å². The fourth-order valence-corrected chi connectivity index (χ4v) is 7.77. The molecule has 5 rings (SSSR count). The summed E-state index contributed by atoms with van der Waals surface area (Å²) in [5, 5.41) is 0. The summed E-state index contributed by atoms with van der Waals surface area (Å²) < 4.78 is 0. The lowest BCUT2D eigenvalue weighted by Crippen LogP contribution is -2.25. The van der Waals surface area contributed by atoms with Gasteiger partial charge in [-0.2, -0.15) is 0 Å². The zero-order chi connectivity index (χ0) is 34.3. The summed E-state index contributed by atoms with van der Waals surface area (Å²) in [4.78, 5) is 0. The molecule has 49 heavy (non-hydrogen) atoms. The van der Waals surface area contributed by atoms with Crippen molar-refractivity contribution in [2.75, 3.05) is 11.5 Å². The highest BCUT2D eigenvalue weighted by Gasteiger charge is 2.42. The van der Waals surface area contributed by atoms with Gasteiger partial charge in [0.25, 0.3) is 0 Å². The molecule has 4 N–H and O–H groups in total. The monoisotopic (exact) mass is 652 g/mol. The van der Waals surface area contributed by atoms with Gasteiger partial charge in [-0.05, 0) is 81.6 Å². The number of hydrogen-bond donors (Lipinski definition) is 2. The maximum absolute atomic E-state index is 5.96. The van der Waals surface area contributed by atoms with Gasteiger partial charge in [0.1, 0.15) is 0 Å². The first-order chi connectivity index (χ1) is 24.0. The lowest BCUT2D eigenvalue weighted by molar-refractivity contribution is 0.397. The number of fused-ring (bicyclic) bond motifs is 3. The molecule has 2 nitrogen and oxygen atoms in total. The Kier molecular flexibility index (Phi) is 13.8. The fourth-order valence-electron chi connectivity index (χ4n) is 7.77. The lowest BCUT2D eigenvalue weighted by atomic mass is 9.70. The third kappa shape index (κ3) is 10.0. The van der Waals surface area contributed by atoms with Crippen molar-refractivity contribution in [3.8, 4) is 11.1 Å². The van der Waals surface area contributed by atoms with E-state index in [0.717, 1.165) is 11.4 Å². The quantitative estimate of drug-likeness (QED) is 0.0567. The van der Waals surface area contributed by atoms with E-state index in [9.17, 15) is 0 Å². The summed E-state index contributed by atoms with van der Waals surface area (Å²) >= 11 is 0. The van der Waals surface area contributed by atoms with E-state index in [1.807, 2.05) is 24.3 Å². The Bertz CT molecular complexity index is 1520. The molecular formula is C47H60N2. The number of nitrogens with two attached hydrogens (primary N) is 2. The molecule has 4 aromatic carbocycles. The summed E-state index contributed by atoms with van der Waals surface area (Å²) in [5.41, 5.74) is 24.4. The Labute approximate surface area is 297 Å². The van der Waals surface area contributed by atoms with Gasteiger partial charge in [0.2, 0.25) is 0 Å². The van der Waals surface area contributed by atoms with E-state index in [1.165, 1.54) is 136 Å². The van der Waals surface area contributed by atoms with Crippen molar-refractivity contribution >= 4 is 35.7 Å². The summed E-state index contributed by atoms with van der Waals surface area (Å²) in [6.07, 6.45) is 30.1. The van der Waals surface area contributed by atoms with Crippen LogP contribution in [0.25, 0.3) is 35.4 Å². The highest BCUT2D eigenvalue weighted by Crippen LogP contribution is 2.55. The van der Waals surface area contributed by atoms with Crippen LogP contribution in [0.4, 0.5) is 11.4 Å². The Morgan fingerprint density at radius 1 is 0.408 bits per heavy atom. The molecule has 0 bridgehead atoms. The minimum atomic E-state index is 0.0353. The number of benzene rings is 4. The van der Waals surface area contributed by atoms with Crippen LogP contribution in [0.15, 0.2) is 84.9 Å². The number of unbranched alkanes of at least 4 members (excludes halogenated alkanes) is 12. The molecule has 0 unspecified atom stereocenters. The van der Waals surface area contributed by atoms with Crippen LogP contribution in [-0.2, 0) is 5.41 Å². The van der Waals surface area contributed by atoms with E-state index in [-0.39, 0.29) is 5.41 Å². The molecule has 0 amide bonds. The first kappa shape index (κ1) is 36.2. The van der Waals surface area contributed by atoms with Gasteiger partial charge < -0.3 is 11.5 Å². The lowest BCUT2D eigenvalue weighted by Gasteiger charge is -2.33. The molecule has 258 valence electrons. The fraction of sp³-hybridized carbons (Fsp3) is 0.404. The van der Waals surface area contributed by atoms with Crippen LogP contribution in [-0.4, -0.2) is 0 Å². The van der Waals surface area contributed by atoms with Crippen LogP contribution in [0.3, 0.4) is 0 Å². The Morgan fingerprint density at radius 2 is 0.735 bits per heavy atom. The van der Waals surface area contributed by atoms with Gasteiger partial charge in [-0.3, -0.25) is 0 Å². The summed E-state index contributed by atoms with van der Waals surface area (Å²) in [7, 11) is 0. The largest absolute Gasteiger partial charge is 0.399 e. The molecule has 1 aliphatic carbocycles. The average molecular weight is 653 g/mol. The van der Waals surface area contributed by atoms with Crippen LogP contribution < -0.4 is 11.5 Å². The second-order valence-corrected chi connectivity index (χ2v) is 14.4. The van der Waals surface area contributed by atoms with E-state index >= 15 is 0 Å². The van der Waals surface area contributed by atoms with Crippen molar-refractivity contribution in [1.82, 2.24) is 0 Å². The van der Waals surface area contributed by atoms with Crippen molar-refractivity contribution in [3.05, 3.63) is 118 Å². The van der Waals surface area contributed by atoms with Crippen molar-refractivity contribution in [2.24, 2.45) is 0 Å². The highest BCUT2D eigenvalue weighted by molar-refractivity contribution is 5.85. The molecule has 0 aromatic heterocycles. The molecule has 0 atom stereocenters.